The van der Waals surface area contributed by atoms with Gasteiger partial charge in [0.05, 0.1) is 18.5 Å². The molecule has 0 saturated heterocycles. The normalized spacial score (nSPS) is 11.7. The summed E-state index contributed by atoms with van der Waals surface area (Å²) < 4.78 is 11.7. The molecular weight excluding hydrogens is 334 g/mol. The summed E-state index contributed by atoms with van der Waals surface area (Å²) in [6.07, 6.45) is -0.798. The fraction of sp³-hybridized carbons (Fsp3) is 0.312. The minimum absolute atomic E-state index is 0.0424. The highest BCUT2D eigenvalue weighted by Crippen LogP contribution is 2.22. The first-order valence-corrected chi connectivity index (χ1v) is 7.56. The minimum Gasteiger partial charge on any atom is -0.481 e. The number of halogens is 1. The van der Waals surface area contributed by atoms with Crippen molar-refractivity contribution in [2.45, 2.75) is 20.0 Å². The van der Waals surface area contributed by atoms with Crippen molar-refractivity contribution in [2.75, 3.05) is 12.4 Å². The lowest BCUT2D eigenvalue weighted by Gasteiger charge is -2.15. The van der Waals surface area contributed by atoms with Gasteiger partial charge in [-0.2, -0.15) is 5.10 Å². The maximum absolute atomic E-state index is 12.4. The third kappa shape index (κ3) is 3.86. The number of carbonyl (C=O) groups excluding carboxylic acids is 2. The van der Waals surface area contributed by atoms with Crippen molar-refractivity contribution in [2.24, 2.45) is 7.05 Å². The van der Waals surface area contributed by atoms with Crippen LogP contribution < -0.4 is 10.1 Å². The summed E-state index contributed by atoms with van der Waals surface area (Å²) >= 11 is 5.89. The second kappa shape index (κ2) is 7.35. The molecule has 7 nitrogen and oxygen atoms in total. The molecule has 1 atom stereocenters. The van der Waals surface area contributed by atoms with Gasteiger partial charge in [-0.1, -0.05) is 17.7 Å². The Morgan fingerprint density at radius 2 is 2.08 bits per heavy atom. The average molecular weight is 352 g/mol. The van der Waals surface area contributed by atoms with Gasteiger partial charge >= 0.3 is 5.97 Å². The number of nitrogens with one attached hydrogen (secondary N) is 1. The van der Waals surface area contributed by atoms with Crippen LogP contribution in [-0.2, 0) is 16.6 Å². The SMILES string of the molecule is COC(=O)c1nn(C)c(C)c1NC(=O)C(C)Oc1cccc(Cl)c1. The van der Waals surface area contributed by atoms with Crippen LogP contribution in [0.5, 0.6) is 5.75 Å². The van der Waals surface area contributed by atoms with Gasteiger partial charge < -0.3 is 14.8 Å². The molecule has 128 valence electrons. The lowest BCUT2D eigenvalue weighted by Crippen LogP contribution is -2.30. The van der Waals surface area contributed by atoms with Crippen LogP contribution in [0.1, 0.15) is 23.1 Å². The number of methoxy groups -OCH3 is 1. The van der Waals surface area contributed by atoms with Gasteiger partial charge in [0.15, 0.2) is 11.8 Å². The molecule has 0 aliphatic heterocycles. The first kappa shape index (κ1) is 17.8. The average Bonchev–Trinajstić information content (AvgIpc) is 2.82. The zero-order valence-corrected chi connectivity index (χ0v) is 14.5. The second-order valence-corrected chi connectivity index (χ2v) is 5.57. The molecule has 0 fully saturated rings. The Kier molecular flexibility index (Phi) is 5.46. The maximum atomic E-state index is 12.4. The first-order valence-electron chi connectivity index (χ1n) is 7.18. The van der Waals surface area contributed by atoms with Crippen LogP contribution in [0.4, 0.5) is 5.69 Å². The van der Waals surface area contributed by atoms with E-state index < -0.39 is 18.0 Å². The number of aryl methyl sites for hydroxylation is 1. The van der Waals surface area contributed by atoms with Crippen molar-refractivity contribution >= 4 is 29.2 Å². The highest BCUT2D eigenvalue weighted by molar-refractivity contribution is 6.30. The number of ether oxygens (including phenoxy) is 2. The predicted octanol–water partition coefficient (Wildman–Crippen LogP) is 2.57. The third-order valence-electron chi connectivity index (χ3n) is 3.44. The van der Waals surface area contributed by atoms with Crippen molar-refractivity contribution in [3.63, 3.8) is 0 Å². The number of carbonyl (C=O) groups is 2. The summed E-state index contributed by atoms with van der Waals surface area (Å²) in [5.74, 6) is -0.574. The van der Waals surface area contributed by atoms with E-state index in [2.05, 4.69) is 15.2 Å². The Morgan fingerprint density at radius 1 is 1.38 bits per heavy atom. The standard InChI is InChI=1S/C16H18ClN3O4/c1-9-13(14(16(22)23-4)19-20(9)3)18-15(21)10(2)24-12-7-5-6-11(17)8-12/h5-8,10H,1-4H3,(H,18,21). The summed E-state index contributed by atoms with van der Waals surface area (Å²) in [7, 11) is 2.92. The Morgan fingerprint density at radius 3 is 2.71 bits per heavy atom. The Hall–Kier alpha value is -2.54. The number of hydrogen-bond acceptors (Lipinski definition) is 5. The number of benzene rings is 1. The molecule has 1 aromatic carbocycles. The molecule has 2 rings (SSSR count). The number of esters is 1. The van der Waals surface area contributed by atoms with Gasteiger partial charge in [0.1, 0.15) is 5.75 Å². The predicted molar refractivity (Wildman–Crippen MR) is 89.5 cm³/mol. The second-order valence-electron chi connectivity index (χ2n) is 5.13. The fourth-order valence-corrected chi connectivity index (χ4v) is 2.20. The van der Waals surface area contributed by atoms with Crippen LogP contribution in [0.2, 0.25) is 5.02 Å². The van der Waals surface area contributed by atoms with E-state index in [9.17, 15) is 9.59 Å². The van der Waals surface area contributed by atoms with Crippen LogP contribution in [0.25, 0.3) is 0 Å². The van der Waals surface area contributed by atoms with E-state index in [0.29, 0.717) is 22.2 Å². The molecule has 1 unspecified atom stereocenters. The van der Waals surface area contributed by atoms with Crippen molar-refractivity contribution in [3.8, 4) is 5.75 Å². The smallest absolute Gasteiger partial charge is 0.360 e. The lowest BCUT2D eigenvalue weighted by atomic mass is 10.2. The van der Waals surface area contributed by atoms with Gasteiger partial charge in [-0.05, 0) is 32.0 Å². The molecule has 0 saturated carbocycles. The van der Waals surface area contributed by atoms with Gasteiger partial charge in [0, 0.05) is 12.1 Å². The van der Waals surface area contributed by atoms with Crippen molar-refractivity contribution in [1.82, 2.24) is 9.78 Å². The number of rotatable bonds is 5. The summed E-state index contributed by atoms with van der Waals surface area (Å²) in [5.41, 5.74) is 0.968. The highest BCUT2D eigenvalue weighted by atomic mass is 35.5. The molecule has 0 spiro atoms. The molecular formula is C16H18ClN3O4. The summed E-state index contributed by atoms with van der Waals surface area (Å²) in [4.78, 5) is 24.2. The van der Waals surface area contributed by atoms with Gasteiger partial charge in [-0.15, -0.1) is 0 Å². The fourth-order valence-electron chi connectivity index (χ4n) is 2.02. The zero-order valence-electron chi connectivity index (χ0n) is 13.8. The van der Waals surface area contributed by atoms with E-state index in [4.69, 9.17) is 16.3 Å². The van der Waals surface area contributed by atoms with Crippen LogP contribution >= 0.6 is 11.6 Å². The zero-order chi connectivity index (χ0) is 17.9. The molecule has 0 bridgehead atoms. The Balaban J connectivity index is 2.16. The Bertz CT molecular complexity index is 773. The molecule has 0 radical (unpaired) electrons. The van der Waals surface area contributed by atoms with E-state index in [1.54, 1.807) is 45.2 Å². The van der Waals surface area contributed by atoms with Crippen LogP contribution in [0.3, 0.4) is 0 Å². The van der Waals surface area contributed by atoms with Crippen molar-refractivity contribution < 1.29 is 19.1 Å². The van der Waals surface area contributed by atoms with Crippen LogP contribution in [0, 0.1) is 6.92 Å². The number of aromatic nitrogens is 2. The van der Waals surface area contributed by atoms with E-state index in [1.165, 1.54) is 11.8 Å². The van der Waals surface area contributed by atoms with Gasteiger partial charge in [-0.3, -0.25) is 9.48 Å². The molecule has 1 aromatic heterocycles. The van der Waals surface area contributed by atoms with Crippen molar-refractivity contribution in [3.05, 3.63) is 40.7 Å². The topological polar surface area (TPSA) is 82.5 Å². The highest BCUT2D eigenvalue weighted by Gasteiger charge is 2.24. The number of amides is 1. The third-order valence-corrected chi connectivity index (χ3v) is 3.67. The molecule has 0 aliphatic carbocycles. The lowest BCUT2D eigenvalue weighted by molar-refractivity contribution is -0.122. The molecule has 1 amide bonds. The first-order chi connectivity index (χ1) is 11.3. The van der Waals surface area contributed by atoms with Crippen molar-refractivity contribution in [1.29, 1.82) is 0 Å². The molecule has 24 heavy (non-hydrogen) atoms. The molecule has 8 heteroatoms. The monoisotopic (exact) mass is 351 g/mol. The largest absolute Gasteiger partial charge is 0.481 e. The molecule has 1 N–H and O–H groups in total. The van der Waals surface area contributed by atoms with Crippen LogP contribution in [-0.4, -0.2) is 34.9 Å². The number of hydrogen-bond donors (Lipinski definition) is 1. The van der Waals surface area contributed by atoms with Gasteiger partial charge in [0.2, 0.25) is 0 Å². The summed E-state index contributed by atoms with van der Waals surface area (Å²) in [6, 6.07) is 6.75. The minimum atomic E-state index is -0.798. The summed E-state index contributed by atoms with van der Waals surface area (Å²) in [5, 5.41) is 7.24. The van der Waals surface area contributed by atoms with Gasteiger partial charge in [0.25, 0.3) is 5.91 Å². The molecule has 2 aromatic rings. The number of nitrogens with zero attached hydrogens (tertiary/aromatic N) is 2. The summed E-state index contributed by atoms with van der Waals surface area (Å²) in [6.45, 7) is 3.33. The van der Waals surface area contributed by atoms with Gasteiger partial charge in [-0.25, -0.2) is 4.79 Å². The molecule has 1 heterocycles. The Labute approximate surface area is 144 Å². The van der Waals surface area contributed by atoms with Crippen LogP contribution in [0.15, 0.2) is 24.3 Å². The molecule has 0 aliphatic rings. The van der Waals surface area contributed by atoms with E-state index in [-0.39, 0.29) is 5.69 Å². The van der Waals surface area contributed by atoms with E-state index >= 15 is 0 Å². The maximum Gasteiger partial charge on any atom is 0.360 e. The van der Waals surface area contributed by atoms with E-state index in [0.717, 1.165) is 0 Å². The quantitative estimate of drug-likeness (QED) is 0.837. The number of anilines is 1. The van der Waals surface area contributed by atoms with E-state index in [1.807, 2.05) is 0 Å².